The van der Waals surface area contributed by atoms with Gasteiger partial charge < -0.3 is 19.7 Å². The van der Waals surface area contributed by atoms with Gasteiger partial charge in [-0.1, -0.05) is 41.4 Å². The minimum atomic E-state index is -0.765. The fourth-order valence-electron chi connectivity index (χ4n) is 5.84. The second kappa shape index (κ2) is 11.3. The van der Waals surface area contributed by atoms with Gasteiger partial charge in [0.1, 0.15) is 11.8 Å². The van der Waals surface area contributed by atoms with E-state index in [1.165, 1.54) is 10.9 Å². The summed E-state index contributed by atoms with van der Waals surface area (Å²) in [6, 6.07) is 12.7. The number of halogens is 2. The first-order chi connectivity index (χ1) is 17.9. The number of aromatic nitrogens is 1. The van der Waals surface area contributed by atoms with Crippen molar-refractivity contribution in [2.45, 2.75) is 37.6 Å². The SMILES string of the molecule is O=C(O)C(C1CCN(C(=O)COc2ccc(Cl)c(Cl)c2)CC1)N1CCC(c2c[nH]c3ccccc23)CC1. The topological polar surface area (TPSA) is 85.9 Å². The third kappa shape index (κ3) is 5.74. The maximum absolute atomic E-state index is 12.7. The molecule has 3 aromatic rings. The van der Waals surface area contributed by atoms with Gasteiger partial charge in [-0.05, 0) is 74.4 Å². The van der Waals surface area contributed by atoms with Gasteiger partial charge in [0.25, 0.3) is 5.91 Å². The lowest BCUT2D eigenvalue weighted by atomic mass is 9.84. The second-order valence-electron chi connectivity index (χ2n) is 9.97. The molecule has 0 aliphatic carbocycles. The number of carbonyl (C=O) groups is 2. The Morgan fingerprint density at radius 3 is 2.43 bits per heavy atom. The lowest BCUT2D eigenvalue weighted by molar-refractivity contribution is -0.147. The van der Waals surface area contributed by atoms with Crippen LogP contribution < -0.4 is 4.74 Å². The number of benzene rings is 2. The second-order valence-corrected chi connectivity index (χ2v) is 10.8. The van der Waals surface area contributed by atoms with Crippen LogP contribution in [0.2, 0.25) is 10.0 Å². The molecule has 2 fully saturated rings. The Bertz CT molecular complexity index is 1260. The number of carboxylic acids is 1. The Labute approximate surface area is 226 Å². The fraction of sp³-hybridized carbons (Fsp3) is 0.429. The van der Waals surface area contributed by atoms with Gasteiger partial charge in [-0.3, -0.25) is 14.5 Å². The molecular weight excluding hydrogens is 513 g/mol. The zero-order valence-corrected chi connectivity index (χ0v) is 22.0. The summed E-state index contributed by atoms with van der Waals surface area (Å²) in [6.45, 7) is 2.50. The van der Waals surface area contributed by atoms with Crippen molar-refractivity contribution in [1.82, 2.24) is 14.8 Å². The molecule has 0 radical (unpaired) electrons. The van der Waals surface area contributed by atoms with Gasteiger partial charge in [-0.15, -0.1) is 0 Å². The van der Waals surface area contributed by atoms with E-state index >= 15 is 0 Å². The molecule has 1 atom stereocenters. The van der Waals surface area contributed by atoms with Crippen LogP contribution in [0.5, 0.6) is 5.75 Å². The molecule has 3 heterocycles. The summed E-state index contributed by atoms with van der Waals surface area (Å²) < 4.78 is 5.59. The minimum Gasteiger partial charge on any atom is -0.484 e. The molecule has 196 valence electrons. The summed E-state index contributed by atoms with van der Waals surface area (Å²) in [5.41, 5.74) is 2.48. The largest absolute Gasteiger partial charge is 0.484 e. The van der Waals surface area contributed by atoms with Crippen molar-refractivity contribution >= 4 is 46.0 Å². The summed E-state index contributed by atoms with van der Waals surface area (Å²) in [5.74, 6) is 0.0489. The molecule has 2 saturated heterocycles. The predicted molar refractivity (Wildman–Crippen MR) is 145 cm³/mol. The van der Waals surface area contributed by atoms with E-state index in [0.717, 1.165) is 31.4 Å². The number of nitrogens with zero attached hydrogens (tertiary/aromatic N) is 2. The molecule has 5 rings (SSSR count). The molecule has 1 amide bonds. The van der Waals surface area contributed by atoms with Crippen molar-refractivity contribution < 1.29 is 19.4 Å². The van der Waals surface area contributed by atoms with E-state index in [1.807, 2.05) is 6.07 Å². The van der Waals surface area contributed by atoms with Crippen LogP contribution in [0.3, 0.4) is 0 Å². The number of nitrogens with one attached hydrogen (secondary N) is 1. The number of hydrogen-bond donors (Lipinski definition) is 2. The van der Waals surface area contributed by atoms with Crippen molar-refractivity contribution in [1.29, 1.82) is 0 Å². The zero-order chi connectivity index (χ0) is 25.9. The average molecular weight is 544 g/mol. The molecule has 9 heteroatoms. The average Bonchev–Trinajstić information content (AvgIpc) is 3.34. The minimum absolute atomic E-state index is 0.0159. The van der Waals surface area contributed by atoms with E-state index in [2.05, 4.69) is 34.3 Å². The normalized spacial score (nSPS) is 18.7. The van der Waals surface area contributed by atoms with Gasteiger partial charge in [0, 0.05) is 36.3 Å². The molecule has 0 saturated carbocycles. The number of hydrogen-bond acceptors (Lipinski definition) is 4. The number of fused-ring (bicyclic) bond motifs is 1. The Hall–Kier alpha value is -2.74. The highest BCUT2D eigenvalue weighted by Gasteiger charge is 2.38. The Morgan fingerprint density at radius 1 is 1.00 bits per heavy atom. The van der Waals surface area contributed by atoms with Gasteiger partial charge in [0.15, 0.2) is 6.61 Å². The number of ether oxygens (including phenoxy) is 1. The predicted octanol–water partition coefficient (Wildman–Crippen LogP) is 5.42. The van der Waals surface area contributed by atoms with Crippen molar-refractivity contribution in [3.8, 4) is 5.75 Å². The molecule has 2 aliphatic heterocycles. The highest BCUT2D eigenvalue weighted by atomic mass is 35.5. The van der Waals surface area contributed by atoms with Crippen LogP contribution in [-0.4, -0.2) is 70.6 Å². The highest BCUT2D eigenvalue weighted by Crippen LogP contribution is 2.35. The monoisotopic (exact) mass is 543 g/mol. The Kier molecular flexibility index (Phi) is 7.93. The third-order valence-corrected chi connectivity index (χ3v) is 8.57. The number of piperidine rings is 2. The molecular formula is C28H31Cl2N3O4. The fourth-order valence-corrected chi connectivity index (χ4v) is 6.13. The van der Waals surface area contributed by atoms with Crippen LogP contribution >= 0.6 is 23.2 Å². The number of amides is 1. The van der Waals surface area contributed by atoms with Crippen LogP contribution in [-0.2, 0) is 9.59 Å². The summed E-state index contributed by atoms with van der Waals surface area (Å²) in [5, 5.41) is 12.2. The lowest BCUT2D eigenvalue weighted by Gasteiger charge is -2.41. The van der Waals surface area contributed by atoms with E-state index in [0.29, 0.717) is 47.6 Å². The van der Waals surface area contributed by atoms with Crippen molar-refractivity contribution in [3.05, 3.63) is 64.3 Å². The van der Waals surface area contributed by atoms with Crippen molar-refractivity contribution in [2.75, 3.05) is 32.8 Å². The molecule has 2 aromatic carbocycles. The molecule has 0 spiro atoms. The van der Waals surface area contributed by atoms with Gasteiger partial charge in [0.2, 0.25) is 0 Å². The molecule has 0 bridgehead atoms. The summed E-state index contributed by atoms with van der Waals surface area (Å²) >= 11 is 11.9. The van der Waals surface area contributed by atoms with Crippen LogP contribution in [0.15, 0.2) is 48.7 Å². The quantitative estimate of drug-likeness (QED) is 0.415. The molecule has 2 N–H and O–H groups in total. The highest BCUT2D eigenvalue weighted by molar-refractivity contribution is 6.42. The molecule has 2 aliphatic rings. The number of H-pyrrole nitrogens is 1. The molecule has 1 unspecified atom stereocenters. The van der Waals surface area contributed by atoms with E-state index in [9.17, 15) is 14.7 Å². The number of para-hydroxylation sites is 1. The number of carboxylic acid groups (broad SMARTS) is 1. The van der Waals surface area contributed by atoms with Crippen LogP contribution in [0.1, 0.15) is 37.2 Å². The number of rotatable bonds is 7. The number of aliphatic carboxylic acids is 1. The Morgan fingerprint density at radius 2 is 1.73 bits per heavy atom. The van der Waals surface area contributed by atoms with Crippen LogP contribution in [0, 0.1) is 5.92 Å². The number of aromatic amines is 1. The van der Waals surface area contributed by atoms with Gasteiger partial charge in [-0.2, -0.15) is 0 Å². The van der Waals surface area contributed by atoms with Crippen molar-refractivity contribution in [2.24, 2.45) is 5.92 Å². The van der Waals surface area contributed by atoms with Gasteiger partial charge in [-0.25, -0.2) is 0 Å². The van der Waals surface area contributed by atoms with Crippen molar-refractivity contribution in [3.63, 3.8) is 0 Å². The zero-order valence-electron chi connectivity index (χ0n) is 20.5. The standard InChI is InChI=1S/C28H31Cl2N3O4/c29-23-6-5-20(15-24(23)30)37-17-26(34)32-11-9-19(10-12-32)27(28(35)36)33-13-7-18(8-14-33)22-16-31-25-4-2-1-3-21(22)25/h1-6,15-16,18-19,27,31H,7-14,17H2,(H,35,36). The van der Waals surface area contributed by atoms with Crippen LogP contribution in [0.4, 0.5) is 0 Å². The van der Waals surface area contributed by atoms with Gasteiger partial charge in [0.05, 0.1) is 10.0 Å². The van der Waals surface area contributed by atoms with Gasteiger partial charge >= 0.3 is 5.97 Å². The van der Waals surface area contributed by atoms with E-state index in [1.54, 1.807) is 23.1 Å². The first-order valence-corrected chi connectivity index (χ1v) is 13.5. The Balaban J connectivity index is 1.13. The molecule has 7 nitrogen and oxygen atoms in total. The van der Waals surface area contributed by atoms with E-state index < -0.39 is 12.0 Å². The first-order valence-electron chi connectivity index (χ1n) is 12.8. The number of carbonyl (C=O) groups excluding carboxylic acids is 1. The summed E-state index contributed by atoms with van der Waals surface area (Å²) in [7, 11) is 0. The molecule has 1 aromatic heterocycles. The van der Waals surface area contributed by atoms with Crippen LogP contribution in [0.25, 0.3) is 10.9 Å². The summed E-state index contributed by atoms with van der Waals surface area (Å²) in [4.78, 5) is 32.3. The van der Waals surface area contributed by atoms with E-state index in [-0.39, 0.29) is 18.4 Å². The third-order valence-electron chi connectivity index (χ3n) is 7.83. The lowest BCUT2D eigenvalue weighted by Crippen LogP contribution is -2.52. The summed E-state index contributed by atoms with van der Waals surface area (Å²) in [6.07, 6.45) is 5.32. The molecule has 37 heavy (non-hydrogen) atoms. The maximum atomic E-state index is 12.7. The maximum Gasteiger partial charge on any atom is 0.321 e. The van der Waals surface area contributed by atoms with E-state index in [4.69, 9.17) is 27.9 Å². The first kappa shape index (κ1) is 25.9. The smallest absolute Gasteiger partial charge is 0.321 e. The number of likely N-dealkylation sites (tertiary alicyclic amines) is 2.